The van der Waals surface area contributed by atoms with Crippen molar-refractivity contribution in [2.75, 3.05) is 19.8 Å². The van der Waals surface area contributed by atoms with E-state index in [1.165, 1.54) is 6.26 Å². The number of benzene rings is 2. The van der Waals surface area contributed by atoms with E-state index in [0.29, 0.717) is 36.9 Å². The molecule has 0 unspecified atom stereocenters. The SMILES string of the molecule is CN=C(NCc1ccc(S(C)(=O)=O)c(C)c1)NCc1ccccc1CN1CCCC1=O.I. The molecule has 9 heteroatoms. The topological polar surface area (TPSA) is 90.9 Å². The number of carbonyl (C=O) groups excluding carboxylic acids is 1. The van der Waals surface area contributed by atoms with Gasteiger partial charge in [-0.2, -0.15) is 0 Å². The van der Waals surface area contributed by atoms with Crippen LogP contribution in [0.4, 0.5) is 0 Å². The zero-order chi connectivity index (χ0) is 22.4. The van der Waals surface area contributed by atoms with Crippen LogP contribution in [0.3, 0.4) is 0 Å². The number of halogens is 1. The van der Waals surface area contributed by atoms with E-state index in [4.69, 9.17) is 0 Å². The van der Waals surface area contributed by atoms with Gasteiger partial charge in [-0.05, 0) is 41.7 Å². The number of sulfone groups is 1. The van der Waals surface area contributed by atoms with E-state index in [0.717, 1.165) is 35.2 Å². The van der Waals surface area contributed by atoms with E-state index in [1.807, 2.05) is 29.2 Å². The van der Waals surface area contributed by atoms with Crippen molar-refractivity contribution in [3.63, 3.8) is 0 Å². The van der Waals surface area contributed by atoms with Crippen molar-refractivity contribution in [3.05, 3.63) is 64.7 Å². The predicted molar refractivity (Wildman–Crippen MR) is 138 cm³/mol. The first-order valence-corrected chi connectivity index (χ1v) is 12.3. The number of nitrogens with one attached hydrogen (secondary N) is 2. The van der Waals surface area contributed by atoms with Gasteiger partial charge in [-0.25, -0.2) is 8.42 Å². The third kappa shape index (κ3) is 6.93. The maximum absolute atomic E-state index is 12.0. The number of hydrogen-bond acceptors (Lipinski definition) is 4. The Morgan fingerprint density at radius 2 is 1.78 bits per heavy atom. The summed E-state index contributed by atoms with van der Waals surface area (Å²) in [7, 11) is -1.51. The molecule has 2 aromatic rings. The van der Waals surface area contributed by atoms with Crippen molar-refractivity contribution >= 4 is 45.7 Å². The Morgan fingerprint density at radius 1 is 1.09 bits per heavy atom. The van der Waals surface area contributed by atoms with Crippen LogP contribution in [0.15, 0.2) is 52.4 Å². The molecule has 7 nitrogen and oxygen atoms in total. The summed E-state index contributed by atoms with van der Waals surface area (Å²) < 4.78 is 23.6. The van der Waals surface area contributed by atoms with Crippen LogP contribution < -0.4 is 10.6 Å². The van der Waals surface area contributed by atoms with Crippen LogP contribution in [0.25, 0.3) is 0 Å². The maximum Gasteiger partial charge on any atom is 0.222 e. The van der Waals surface area contributed by atoms with Gasteiger partial charge in [0.25, 0.3) is 0 Å². The lowest BCUT2D eigenvalue weighted by Crippen LogP contribution is -2.36. The predicted octanol–water partition coefficient (Wildman–Crippen LogP) is 3.00. The van der Waals surface area contributed by atoms with Crippen LogP contribution in [-0.4, -0.2) is 45.0 Å². The Labute approximate surface area is 207 Å². The van der Waals surface area contributed by atoms with Crippen molar-refractivity contribution < 1.29 is 13.2 Å². The number of carbonyl (C=O) groups is 1. The van der Waals surface area contributed by atoms with Crippen LogP contribution in [0.5, 0.6) is 0 Å². The summed E-state index contributed by atoms with van der Waals surface area (Å²) in [5.74, 6) is 0.870. The number of nitrogens with zero attached hydrogens (tertiary/aromatic N) is 2. The average Bonchev–Trinajstić information content (AvgIpc) is 3.12. The molecule has 1 amide bonds. The highest BCUT2D eigenvalue weighted by atomic mass is 127. The van der Waals surface area contributed by atoms with Crippen molar-refractivity contribution in [3.8, 4) is 0 Å². The van der Waals surface area contributed by atoms with Gasteiger partial charge >= 0.3 is 0 Å². The lowest BCUT2D eigenvalue weighted by atomic mass is 10.1. The average molecular weight is 570 g/mol. The number of hydrogen-bond donors (Lipinski definition) is 2. The highest BCUT2D eigenvalue weighted by molar-refractivity contribution is 14.0. The summed E-state index contributed by atoms with van der Waals surface area (Å²) >= 11 is 0. The van der Waals surface area contributed by atoms with E-state index >= 15 is 0 Å². The van der Waals surface area contributed by atoms with Crippen molar-refractivity contribution in [1.82, 2.24) is 15.5 Å². The molecular weight excluding hydrogens is 539 g/mol. The largest absolute Gasteiger partial charge is 0.352 e. The zero-order valence-corrected chi connectivity index (χ0v) is 21.9. The molecule has 2 N–H and O–H groups in total. The Kier molecular flexibility index (Phi) is 9.50. The molecule has 2 aromatic carbocycles. The van der Waals surface area contributed by atoms with Crippen LogP contribution in [0, 0.1) is 6.92 Å². The second-order valence-corrected chi connectivity index (χ2v) is 9.82. The smallest absolute Gasteiger partial charge is 0.222 e. The molecule has 174 valence electrons. The van der Waals surface area contributed by atoms with E-state index in [2.05, 4.69) is 27.8 Å². The number of rotatable bonds is 7. The molecule has 3 rings (SSSR count). The molecule has 0 saturated carbocycles. The van der Waals surface area contributed by atoms with E-state index < -0.39 is 9.84 Å². The minimum absolute atomic E-state index is 0. The molecule has 1 saturated heterocycles. The van der Waals surface area contributed by atoms with E-state index in [9.17, 15) is 13.2 Å². The van der Waals surface area contributed by atoms with E-state index in [-0.39, 0.29) is 29.9 Å². The number of aliphatic imine (C=N–C) groups is 1. The van der Waals surface area contributed by atoms with Gasteiger partial charge in [-0.15, -0.1) is 24.0 Å². The number of likely N-dealkylation sites (tertiary alicyclic amines) is 1. The zero-order valence-electron chi connectivity index (χ0n) is 18.7. The third-order valence-electron chi connectivity index (χ3n) is 5.42. The second kappa shape index (κ2) is 11.6. The lowest BCUT2D eigenvalue weighted by Gasteiger charge is -2.19. The molecule has 1 aliphatic rings. The van der Waals surface area contributed by atoms with Gasteiger partial charge in [0.15, 0.2) is 15.8 Å². The second-order valence-electron chi connectivity index (χ2n) is 7.84. The molecule has 0 aliphatic carbocycles. The van der Waals surface area contributed by atoms with Crippen LogP contribution in [-0.2, 0) is 34.3 Å². The highest BCUT2D eigenvalue weighted by Crippen LogP contribution is 2.18. The minimum atomic E-state index is -3.22. The number of guanidine groups is 1. The van der Waals surface area contributed by atoms with Gasteiger partial charge in [0.05, 0.1) is 4.90 Å². The fraction of sp³-hybridized carbons (Fsp3) is 0.391. The van der Waals surface area contributed by atoms with Crippen molar-refractivity contribution in [2.24, 2.45) is 4.99 Å². The van der Waals surface area contributed by atoms with Gasteiger partial charge in [-0.1, -0.05) is 36.4 Å². The van der Waals surface area contributed by atoms with Crippen LogP contribution in [0.2, 0.25) is 0 Å². The normalized spacial score (nSPS) is 14.3. The molecule has 0 radical (unpaired) electrons. The first-order chi connectivity index (χ1) is 14.8. The fourth-order valence-corrected chi connectivity index (χ4v) is 4.74. The van der Waals surface area contributed by atoms with Gasteiger partial charge in [0, 0.05) is 45.9 Å². The lowest BCUT2D eigenvalue weighted by molar-refractivity contribution is -0.128. The third-order valence-corrected chi connectivity index (χ3v) is 6.68. The Bertz CT molecular complexity index is 1090. The van der Waals surface area contributed by atoms with Gasteiger partial charge in [-0.3, -0.25) is 9.79 Å². The van der Waals surface area contributed by atoms with Gasteiger partial charge < -0.3 is 15.5 Å². The Balaban J connectivity index is 0.00000363. The number of amides is 1. The summed E-state index contributed by atoms with van der Waals surface area (Å²) in [6.07, 6.45) is 2.79. The minimum Gasteiger partial charge on any atom is -0.352 e. The molecule has 0 atom stereocenters. The molecule has 0 aromatic heterocycles. The van der Waals surface area contributed by atoms with Crippen molar-refractivity contribution in [1.29, 1.82) is 0 Å². The van der Waals surface area contributed by atoms with Gasteiger partial charge in [0.2, 0.25) is 5.91 Å². The van der Waals surface area contributed by atoms with Crippen LogP contribution >= 0.6 is 24.0 Å². The monoisotopic (exact) mass is 570 g/mol. The molecule has 1 heterocycles. The maximum atomic E-state index is 12.0. The van der Waals surface area contributed by atoms with Gasteiger partial charge in [0.1, 0.15) is 0 Å². The highest BCUT2D eigenvalue weighted by Gasteiger charge is 2.20. The Hall–Kier alpha value is -2.14. The molecule has 0 bridgehead atoms. The summed E-state index contributed by atoms with van der Waals surface area (Å²) in [4.78, 5) is 18.5. The van der Waals surface area contributed by atoms with E-state index in [1.54, 1.807) is 20.0 Å². The molecule has 0 spiro atoms. The summed E-state index contributed by atoms with van der Waals surface area (Å²) in [5.41, 5.74) is 3.96. The summed E-state index contributed by atoms with van der Waals surface area (Å²) in [5, 5.41) is 6.59. The standard InChI is InChI=1S/C23H30N4O3S.HI/c1-17-13-18(10-11-21(17)31(3,29)30)14-25-23(24-2)26-15-19-7-4-5-8-20(19)16-27-12-6-9-22(27)28;/h4-5,7-8,10-11,13H,6,9,12,14-16H2,1-3H3,(H2,24,25,26);1H. The summed E-state index contributed by atoms with van der Waals surface area (Å²) in [6, 6.07) is 13.4. The first kappa shape index (κ1) is 26.1. The van der Waals surface area contributed by atoms with Crippen molar-refractivity contribution in [2.45, 2.75) is 44.3 Å². The first-order valence-electron chi connectivity index (χ1n) is 10.4. The summed E-state index contributed by atoms with van der Waals surface area (Å²) in [6.45, 7) is 4.36. The molecule has 32 heavy (non-hydrogen) atoms. The quantitative estimate of drug-likeness (QED) is 0.304. The Morgan fingerprint density at radius 3 is 2.38 bits per heavy atom. The number of aryl methyl sites for hydroxylation is 1. The molecule has 1 aliphatic heterocycles. The molecule has 1 fully saturated rings. The molecular formula is C23H31IN4O3S. The van der Waals surface area contributed by atoms with Crippen LogP contribution in [0.1, 0.15) is 35.1 Å². The fourth-order valence-electron chi connectivity index (χ4n) is 3.78.